The van der Waals surface area contributed by atoms with Crippen LogP contribution in [-0.2, 0) is 0 Å². The lowest BCUT2D eigenvalue weighted by Gasteiger charge is -2.17. The highest BCUT2D eigenvalue weighted by Crippen LogP contribution is 2.17. The van der Waals surface area contributed by atoms with Gasteiger partial charge in [-0.3, -0.25) is 0 Å². The van der Waals surface area contributed by atoms with Crippen molar-refractivity contribution in [3.63, 3.8) is 0 Å². The number of likely N-dealkylation sites (tertiary alicyclic amines) is 1. The molecule has 0 aromatic rings. The molecule has 1 radical (unpaired) electrons. The monoisotopic (exact) mass is 126 g/mol. The highest BCUT2D eigenvalue weighted by molar-refractivity contribution is 4.79. The number of rotatable bonds is 2. The second-order valence-corrected chi connectivity index (χ2v) is 2.92. The Hall–Kier alpha value is -0.0400. The van der Waals surface area contributed by atoms with Gasteiger partial charge in [-0.05, 0) is 39.3 Å². The van der Waals surface area contributed by atoms with Gasteiger partial charge in [0.2, 0.25) is 0 Å². The Morgan fingerprint density at radius 3 is 2.89 bits per heavy atom. The number of nitrogens with zero attached hydrogens (tertiary/aromatic N) is 1. The van der Waals surface area contributed by atoms with E-state index in [2.05, 4.69) is 25.3 Å². The van der Waals surface area contributed by atoms with E-state index >= 15 is 0 Å². The zero-order valence-corrected chi connectivity index (χ0v) is 6.43. The van der Waals surface area contributed by atoms with Crippen LogP contribution in [0.15, 0.2) is 0 Å². The predicted octanol–water partition coefficient (Wildman–Crippen LogP) is 1.69. The van der Waals surface area contributed by atoms with E-state index in [4.69, 9.17) is 0 Å². The lowest BCUT2D eigenvalue weighted by molar-refractivity contribution is 0.308. The fourth-order valence-corrected chi connectivity index (χ4v) is 1.55. The molecular weight excluding hydrogens is 110 g/mol. The molecule has 1 nitrogen and oxygen atoms in total. The molecule has 9 heavy (non-hydrogen) atoms. The molecule has 0 N–H and O–H groups in total. The van der Waals surface area contributed by atoms with Crippen molar-refractivity contribution in [2.75, 3.05) is 13.6 Å². The lowest BCUT2D eigenvalue weighted by Crippen LogP contribution is -2.24. The van der Waals surface area contributed by atoms with E-state index in [9.17, 15) is 0 Å². The quantitative estimate of drug-likeness (QED) is 0.544. The van der Waals surface area contributed by atoms with Crippen molar-refractivity contribution in [3.8, 4) is 0 Å². The number of hydrogen-bond donors (Lipinski definition) is 0. The minimum Gasteiger partial charge on any atom is -0.303 e. The lowest BCUT2D eigenvalue weighted by atomic mass is 10.1. The van der Waals surface area contributed by atoms with E-state index in [1.807, 2.05) is 0 Å². The Morgan fingerprint density at radius 2 is 2.44 bits per heavy atom. The maximum atomic E-state index is 2.46. The first kappa shape index (κ1) is 7.07. The van der Waals surface area contributed by atoms with Gasteiger partial charge >= 0.3 is 0 Å². The summed E-state index contributed by atoms with van der Waals surface area (Å²) < 4.78 is 0. The van der Waals surface area contributed by atoms with Gasteiger partial charge in [-0.1, -0.05) is 6.92 Å². The Balaban J connectivity index is 2.22. The van der Waals surface area contributed by atoms with Crippen LogP contribution < -0.4 is 0 Å². The molecule has 53 valence electrons. The van der Waals surface area contributed by atoms with Gasteiger partial charge in [0.1, 0.15) is 0 Å². The van der Waals surface area contributed by atoms with Crippen molar-refractivity contribution in [1.82, 2.24) is 4.90 Å². The van der Waals surface area contributed by atoms with E-state index in [1.54, 1.807) is 0 Å². The maximum absolute atomic E-state index is 2.46. The first-order valence-corrected chi connectivity index (χ1v) is 3.82. The van der Waals surface area contributed by atoms with E-state index in [0.29, 0.717) is 0 Å². The van der Waals surface area contributed by atoms with Gasteiger partial charge in [-0.25, -0.2) is 0 Å². The third-order valence-electron chi connectivity index (χ3n) is 2.18. The molecule has 0 aromatic heterocycles. The normalized spacial score (nSPS) is 29.3. The molecular formula is C8H16N. The fraction of sp³-hybridized carbons (Fsp3) is 0.875. The molecule has 0 aromatic carbocycles. The minimum absolute atomic E-state index is 0.856. The van der Waals surface area contributed by atoms with Gasteiger partial charge in [-0.2, -0.15) is 0 Å². The Kier molecular flexibility index (Phi) is 2.52. The van der Waals surface area contributed by atoms with Crippen LogP contribution in [-0.4, -0.2) is 24.5 Å². The first-order valence-electron chi connectivity index (χ1n) is 3.82. The molecule has 1 rings (SSSR count). The summed E-state index contributed by atoms with van der Waals surface area (Å²) in [5.41, 5.74) is 0. The highest BCUT2D eigenvalue weighted by atomic mass is 15.1. The summed E-state index contributed by atoms with van der Waals surface area (Å²) in [4.78, 5) is 2.46. The molecule has 0 amide bonds. The molecule has 1 atom stereocenters. The molecule has 0 aliphatic carbocycles. The van der Waals surface area contributed by atoms with Crippen molar-refractivity contribution < 1.29 is 0 Å². The zero-order valence-electron chi connectivity index (χ0n) is 6.43. The van der Waals surface area contributed by atoms with E-state index in [0.717, 1.165) is 6.04 Å². The van der Waals surface area contributed by atoms with Crippen molar-refractivity contribution in [1.29, 1.82) is 0 Å². The second kappa shape index (κ2) is 3.21. The van der Waals surface area contributed by atoms with Crippen LogP contribution in [0.5, 0.6) is 0 Å². The average molecular weight is 126 g/mol. The molecule has 1 fully saturated rings. The topological polar surface area (TPSA) is 3.24 Å². The van der Waals surface area contributed by atoms with Crippen LogP contribution in [0.1, 0.15) is 26.2 Å². The summed E-state index contributed by atoms with van der Waals surface area (Å²) in [7, 11) is 2.22. The van der Waals surface area contributed by atoms with Crippen molar-refractivity contribution in [2.24, 2.45) is 0 Å². The van der Waals surface area contributed by atoms with Crippen LogP contribution in [0, 0.1) is 6.42 Å². The Bertz CT molecular complexity index is 80.6. The van der Waals surface area contributed by atoms with Gasteiger partial charge in [0, 0.05) is 6.04 Å². The van der Waals surface area contributed by atoms with Crippen molar-refractivity contribution in [2.45, 2.75) is 32.2 Å². The third kappa shape index (κ3) is 1.68. The van der Waals surface area contributed by atoms with Gasteiger partial charge in [0.15, 0.2) is 0 Å². The average Bonchev–Trinajstić information content (AvgIpc) is 2.18. The minimum atomic E-state index is 0.856. The summed E-state index contributed by atoms with van der Waals surface area (Å²) in [6.45, 7) is 3.45. The van der Waals surface area contributed by atoms with Gasteiger partial charge in [0.25, 0.3) is 0 Å². The molecule has 1 saturated heterocycles. The first-order chi connectivity index (χ1) is 4.34. The Labute approximate surface area is 58.0 Å². The van der Waals surface area contributed by atoms with Crippen LogP contribution in [0.3, 0.4) is 0 Å². The molecule has 1 aliphatic heterocycles. The predicted molar refractivity (Wildman–Crippen MR) is 40.2 cm³/mol. The van der Waals surface area contributed by atoms with Crippen molar-refractivity contribution in [3.05, 3.63) is 6.42 Å². The molecule has 1 aliphatic rings. The summed E-state index contributed by atoms with van der Waals surface area (Å²) in [6, 6.07) is 0.856. The summed E-state index contributed by atoms with van der Waals surface area (Å²) in [5.74, 6) is 0. The standard InChI is InChI=1S/C8H16N/c1-3-5-8-6-4-7-9(8)2/h3,8H,4-7H2,1-2H3. The SMILES string of the molecule is C[CH]CC1CCCN1C. The zero-order chi connectivity index (χ0) is 6.69. The Morgan fingerprint density at radius 1 is 1.67 bits per heavy atom. The highest BCUT2D eigenvalue weighted by Gasteiger charge is 2.18. The molecule has 1 heterocycles. The largest absolute Gasteiger partial charge is 0.303 e. The smallest absolute Gasteiger partial charge is 0.00953 e. The van der Waals surface area contributed by atoms with Crippen LogP contribution in [0.4, 0.5) is 0 Å². The van der Waals surface area contributed by atoms with Crippen molar-refractivity contribution >= 4 is 0 Å². The maximum Gasteiger partial charge on any atom is 0.00953 e. The summed E-state index contributed by atoms with van der Waals surface area (Å²) in [5, 5.41) is 0. The van der Waals surface area contributed by atoms with Gasteiger partial charge < -0.3 is 4.90 Å². The molecule has 0 saturated carbocycles. The van der Waals surface area contributed by atoms with Gasteiger partial charge in [0.05, 0.1) is 0 Å². The van der Waals surface area contributed by atoms with Crippen LogP contribution >= 0.6 is 0 Å². The third-order valence-corrected chi connectivity index (χ3v) is 2.18. The molecule has 1 unspecified atom stereocenters. The molecule has 0 bridgehead atoms. The fourth-order valence-electron chi connectivity index (χ4n) is 1.55. The summed E-state index contributed by atoms with van der Waals surface area (Å²) >= 11 is 0. The second-order valence-electron chi connectivity index (χ2n) is 2.92. The van der Waals surface area contributed by atoms with Gasteiger partial charge in [-0.15, -0.1) is 0 Å². The van der Waals surface area contributed by atoms with E-state index in [-0.39, 0.29) is 0 Å². The van der Waals surface area contributed by atoms with E-state index in [1.165, 1.54) is 25.8 Å². The van der Waals surface area contributed by atoms with E-state index < -0.39 is 0 Å². The van der Waals surface area contributed by atoms with Crippen LogP contribution in [0.2, 0.25) is 0 Å². The number of hydrogen-bond acceptors (Lipinski definition) is 1. The molecule has 0 spiro atoms. The molecule has 1 heteroatoms. The van der Waals surface area contributed by atoms with Crippen LogP contribution in [0.25, 0.3) is 0 Å². The summed E-state index contributed by atoms with van der Waals surface area (Å²) in [6.07, 6.45) is 6.35.